The van der Waals surface area contributed by atoms with Crippen LogP contribution < -0.4 is 14.4 Å². The highest BCUT2D eigenvalue weighted by Gasteiger charge is 2.22. The number of amides is 1. The zero-order chi connectivity index (χ0) is 24.7. The first-order valence-corrected chi connectivity index (χ1v) is 12.0. The molecular weight excluding hydrogens is 452 g/mol. The van der Waals surface area contributed by atoms with Gasteiger partial charge in [0, 0.05) is 31.7 Å². The third-order valence-electron chi connectivity index (χ3n) is 6.32. The van der Waals surface area contributed by atoms with Crippen molar-refractivity contribution in [3.05, 3.63) is 91.0 Å². The van der Waals surface area contributed by atoms with E-state index in [-0.39, 0.29) is 12.5 Å². The zero-order valence-electron chi connectivity index (χ0n) is 20.2. The van der Waals surface area contributed by atoms with Crippen LogP contribution in [0.25, 0.3) is 22.4 Å². The second kappa shape index (κ2) is 10.9. The number of hydrogen-bond donors (Lipinski definition) is 0. The molecule has 0 atom stereocenters. The van der Waals surface area contributed by atoms with Crippen LogP contribution in [0.3, 0.4) is 0 Å². The Hall–Kier alpha value is -4.39. The minimum Gasteiger partial charge on any atom is -0.497 e. The van der Waals surface area contributed by atoms with Crippen molar-refractivity contribution >= 4 is 11.7 Å². The van der Waals surface area contributed by atoms with Gasteiger partial charge < -0.3 is 19.3 Å². The van der Waals surface area contributed by atoms with Crippen LogP contribution in [-0.4, -0.2) is 60.9 Å². The van der Waals surface area contributed by atoms with Crippen molar-refractivity contribution in [2.24, 2.45) is 0 Å². The maximum atomic E-state index is 12.7. The quantitative estimate of drug-likeness (QED) is 0.387. The molecule has 0 bridgehead atoms. The summed E-state index contributed by atoms with van der Waals surface area (Å²) in [7, 11) is 1.65. The molecular formula is C29H28N4O3. The Morgan fingerprint density at radius 2 is 1.36 bits per heavy atom. The Morgan fingerprint density at radius 3 is 2.00 bits per heavy atom. The number of piperazine rings is 1. The summed E-state index contributed by atoms with van der Waals surface area (Å²) in [5.74, 6) is 2.30. The summed E-state index contributed by atoms with van der Waals surface area (Å²) >= 11 is 0. The minimum atomic E-state index is -0.0114. The fourth-order valence-electron chi connectivity index (χ4n) is 4.21. The van der Waals surface area contributed by atoms with Gasteiger partial charge in [-0.1, -0.05) is 42.5 Å². The van der Waals surface area contributed by atoms with Crippen LogP contribution in [0.2, 0.25) is 0 Å². The lowest BCUT2D eigenvalue weighted by atomic mass is 10.1. The molecule has 5 rings (SSSR count). The first-order chi connectivity index (χ1) is 17.7. The van der Waals surface area contributed by atoms with Gasteiger partial charge in [-0.15, -0.1) is 10.2 Å². The van der Waals surface area contributed by atoms with Gasteiger partial charge in [0.1, 0.15) is 11.5 Å². The van der Waals surface area contributed by atoms with Gasteiger partial charge in [-0.3, -0.25) is 4.79 Å². The topological polar surface area (TPSA) is 67.8 Å². The number of carbonyl (C=O) groups is 1. The fourth-order valence-corrected chi connectivity index (χ4v) is 4.21. The normalized spacial score (nSPS) is 13.4. The lowest BCUT2D eigenvalue weighted by Gasteiger charge is -2.35. The predicted octanol–water partition coefficient (Wildman–Crippen LogP) is 4.55. The van der Waals surface area contributed by atoms with Gasteiger partial charge in [0.25, 0.3) is 5.91 Å². The van der Waals surface area contributed by atoms with E-state index in [0.29, 0.717) is 31.9 Å². The molecule has 0 N–H and O–H groups in total. The van der Waals surface area contributed by atoms with E-state index >= 15 is 0 Å². The molecule has 2 heterocycles. The third kappa shape index (κ3) is 5.46. The number of nitrogens with zero attached hydrogens (tertiary/aromatic N) is 4. The van der Waals surface area contributed by atoms with Crippen LogP contribution in [0.4, 0.5) is 5.82 Å². The molecule has 36 heavy (non-hydrogen) atoms. The van der Waals surface area contributed by atoms with Crippen LogP contribution in [-0.2, 0) is 4.79 Å². The smallest absolute Gasteiger partial charge is 0.260 e. The molecule has 0 saturated carbocycles. The summed E-state index contributed by atoms with van der Waals surface area (Å²) in [6.07, 6.45) is 0. The van der Waals surface area contributed by atoms with Crippen molar-refractivity contribution in [1.82, 2.24) is 15.1 Å². The maximum Gasteiger partial charge on any atom is 0.260 e. The standard InChI is InChI=1S/C29H28N4O3/c1-35-25-11-9-24(10-12-25)27-15-16-28(31-30-27)32-17-19-33(20-18-32)29(34)21-36-26-13-7-23(8-14-26)22-5-3-2-4-6-22/h2-16H,17-21H2,1H3. The van der Waals surface area contributed by atoms with Gasteiger partial charge in [-0.05, 0) is 59.7 Å². The summed E-state index contributed by atoms with van der Waals surface area (Å²) in [6, 6.07) is 29.7. The molecule has 1 aliphatic heterocycles. The van der Waals surface area contributed by atoms with E-state index < -0.39 is 0 Å². The van der Waals surface area contributed by atoms with E-state index in [1.165, 1.54) is 0 Å². The van der Waals surface area contributed by atoms with Crippen molar-refractivity contribution in [1.29, 1.82) is 0 Å². The average molecular weight is 481 g/mol. The molecule has 0 aliphatic carbocycles. The van der Waals surface area contributed by atoms with Gasteiger partial charge in [0.05, 0.1) is 12.8 Å². The SMILES string of the molecule is COc1ccc(-c2ccc(N3CCN(C(=O)COc4ccc(-c5ccccc5)cc4)CC3)nn2)cc1. The second-order valence-corrected chi connectivity index (χ2v) is 8.55. The molecule has 1 fully saturated rings. The number of anilines is 1. The van der Waals surface area contributed by atoms with Crippen LogP contribution >= 0.6 is 0 Å². The van der Waals surface area contributed by atoms with Crippen LogP contribution in [0, 0.1) is 0 Å². The monoisotopic (exact) mass is 480 g/mol. The minimum absolute atomic E-state index is 0.0114. The number of carbonyl (C=O) groups excluding carboxylic acids is 1. The summed E-state index contributed by atoms with van der Waals surface area (Å²) < 4.78 is 11.0. The van der Waals surface area contributed by atoms with Gasteiger partial charge in [0.15, 0.2) is 12.4 Å². The Morgan fingerprint density at radius 1 is 0.722 bits per heavy atom. The molecule has 3 aromatic carbocycles. The van der Waals surface area contributed by atoms with Crippen LogP contribution in [0.15, 0.2) is 91.0 Å². The lowest BCUT2D eigenvalue weighted by molar-refractivity contribution is -0.133. The van der Waals surface area contributed by atoms with Crippen LogP contribution in [0.1, 0.15) is 0 Å². The van der Waals surface area contributed by atoms with Crippen LogP contribution in [0.5, 0.6) is 11.5 Å². The van der Waals surface area contributed by atoms with Gasteiger partial charge in [-0.25, -0.2) is 0 Å². The number of rotatable bonds is 7. The molecule has 7 heteroatoms. The highest BCUT2D eigenvalue weighted by molar-refractivity contribution is 5.78. The first-order valence-electron chi connectivity index (χ1n) is 12.0. The summed E-state index contributed by atoms with van der Waals surface area (Å²) in [5, 5.41) is 8.80. The molecule has 1 aromatic heterocycles. The molecule has 0 radical (unpaired) electrons. The fraction of sp³-hybridized carbons (Fsp3) is 0.207. The second-order valence-electron chi connectivity index (χ2n) is 8.55. The highest BCUT2D eigenvalue weighted by Crippen LogP contribution is 2.23. The molecule has 1 aliphatic rings. The lowest BCUT2D eigenvalue weighted by Crippen LogP contribution is -2.50. The Kier molecular flexibility index (Phi) is 7.07. The maximum absolute atomic E-state index is 12.7. The van der Waals surface area contributed by atoms with Gasteiger partial charge >= 0.3 is 0 Å². The predicted molar refractivity (Wildman–Crippen MR) is 140 cm³/mol. The Labute approximate surface area is 210 Å². The number of methoxy groups -OCH3 is 1. The Bertz CT molecular complexity index is 1270. The molecule has 1 saturated heterocycles. The van der Waals surface area contributed by atoms with E-state index in [0.717, 1.165) is 34.0 Å². The zero-order valence-corrected chi connectivity index (χ0v) is 20.2. The van der Waals surface area contributed by atoms with E-state index in [1.807, 2.05) is 83.8 Å². The van der Waals surface area contributed by atoms with E-state index in [4.69, 9.17) is 9.47 Å². The van der Waals surface area contributed by atoms with E-state index in [9.17, 15) is 4.79 Å². The number of hydrogen-bond acceptors (Lipinski definition) is 6. The first kappa shape index (κ1) is 23.4. The summed E-state index contributed by atoms with van der Waals surface area (Å²) in [6.45, 7) is 2.68. The largest absolute Gasteiger partial charge is 0.497 e. The van der Waals surface area contributed by atoms with E-state index in [1.54, 1.807) is 7.11 Å². The van der Waals surface area contributed by atoms with Crippen molar-refractivity contribution in [3.63, 3.8) is 0 Å². The third-order valence-corrected chi connectivity index (χ3v) is 6.32. The van der Waals surface area contributed by atoms with Crippen molar-refractivity contribution in [2.75, 3.05) is 44.8 Å². The summed E-state index contributed by atoms with van der Waals surface area (Å²) in [5.41, 5.74) is 4.06. The molecule has 0 spiro atoms. The van der Waals surface area contributed by atoms with Crippen molar-refractivity contribution < 1.29 is 14.3 Å². The molecule has 7 nitrogen and oxygen atoms in total. The van der Waals surface area contributed by atoms with Gasteiger partial charge in [0.2, 0.25) is 0 Å². The highest BCUT2D eigenvalue weighted by atomic mass is 16.5. The molecule has 182 valence electrons. The van der Waals surface area contributed by atoms with Gasteiger partial charge in [-0.2, -0.15) is 0 Å². The Balaban J connectivity index is 1.10. The molecule has 4 aromatic rings. The number of aromatic nitrogens is 2. The summed E-state index contributed by atoms with van der Waals surface area (Å²) in [4.78, 5) is 16.7. The van der Waals surface area contributed by atoms with Crippen molar-refractivity contribution in [2.45, 2.75) is 0 Å². The molecule has 0 unspecified atom stereocenters. The van der Waals surface area contributed by atoms with E-state index in [2.05, 4.69) is 27.2 Å². The van der Waals surface area contributed by atoms with Crippen molar-refractivity contribution in [3.8, 4) is 33.9 Å². The number of ether oxygens (including phenoxy) is 2. The number of benzene rings is 3. The average Bonchev–Trinajstić information content (AvgIpc) is 2.97. The molecule has 1 amide bonds.